The molecular weight excluding hydrogens is 380 g/mol. The third-order valence-electron chi connectivity index (χ3n) is 4.94. The third kappa shape index (κ3) is 6.34. The van der Waals surface area contributed by atoms with Crippen molar-refractivity contribution >= 4 is 34.8 Å². The summed E-state index contributed by atoms with van der Waals surface area (Å²) in [5, 5.41) is 8.53. The molecule has 3 N–H and O–H groups in total. The van der Waals surface area contributed by atoms with Crippen molar-refractivity contribution in [3.8, 4) is 0 Å². The number of hydrogen-bond donors (Lipinski definition) is 3. The number of anilines is 3. The Bertz CT molecular complexity index is 888. The number of nitrogens with zero attached hydrogens (tertiary/aromatic N) is 1. The highest BCUT2D eigenvalue weighted by atomic mass is 16.2. The highest BCUT2D eigenvalue weighted by Crippen LogP contribution is 2.17. The van der Waals surface area contributed by atoms with Crippen LogP contribution in [0.25, 0.3) is 0 Å². The van der Waals surface area contributed by atoms with Gasteiger partial charge in [0.05, 0.1) is 6.54 Å². The van der Waals surface area contributed by atoms with Gasteiger partial charge in [0.25, 0.3) is 5.91 Å². The first-order valence-electron chi connectivity index (χ1n) is 10.3. The van der Waals surface area contributed by atoms with Crippen molar-refractivity contribution in [3.63, 3.8) is 0 Å². The van der Waals surface area contributed by atoms with Crippen LogP contribution in [0, 0.1) is 0 Å². The number of carbonyl (C=O) groups is 3. The molecule has 0 aromatic heterocycles. The van der Waals surface area contributed by atoms with E-state index in [9.17, 15) is 14.4 Å². The lowest BCUT2D eigenvalue weighted by Crippen LogP contribution is -2.31. The summed E-state index contributed by atoms with van der Waals surface area (Å²) in [6, 6.07) is 14.2. The quantitative estimate of drug-likeness (QED) is 0.680. The molecule has 1 saturated heterocycles. The maximum absolute atomic E-state index is 12.6. The maximum Gasteiger partial charge on any atom is 0.253 e. The fourth-order valence-corrected chi connectivity index (χ4v) is 3.45. The Morgan fingerprint density at radius 2 is 1.47 bits per heavy atom. The SMILES string of the molecule is CC(=O)Nc1cccc(NC(=O)CNc2ccc(C(=O)N3CCCCCC3)cc2)c1. The molecule has 1 fully saturated rings. The Labute approximate surface area is 176 Å². The van der Waals surface area contributed by atoms with E-state index in [4.69, 9.17) is 0 Å². The van der Waals surface area contributed by atoms with Gasteiger partial charge in [-0.05, 0) is 55.3 Å². The molecule has 7 nitrogen and oxygen atoms in total. The van der Waals surface area contributed by atoms with E-state index in [2.05, 4.69) is 16.0 Å². The number of benzene rings is 2. The molecule has 30 heavy (non-hydrogen) atoms. The molecule has 2 aromatic carbocycles. The first-order chi connectivity index (χ1) is 14.5. The monoisotopic (exact) mass is 408 g/mol. The lowest BCUT2D eigenvalue weighted by Gasteiger charge is -2.20. The minimum absolute atomic E-state index is 0.0697. The van der Waals surface area contributed by atoms with Gasteiger partial charge in [-0.15, -0.1) is 0 Å². The molecule has 0 radical (unpaired) electrons. The van der Waals surface area contributed by atoms with Crippen LogP contribution in [-0.2, 0) is 9.59 Å². The van der Waals surface area contributed by atoms with Crippen molar-refractivity contribution < 1.29 is 14.4 Å². The van der Waals surface area contributed by atoms with Gasteiger partial charge in [-0.3, -0.25) is 14.4 Å². The van der Waals surface area contributed by atoms with Crippen LogP contribution in [-0.4, -0.2) is 42.3 Å². The summed E-state index contributed by atoms with van der Waals surface area (Å²) in [6.07, 6.45) is 4.50. The van der Waals surface area contributed by atoms with Gasteiger partial charge in [0.2, 0.25) is 11.8 Å². The first-order valence-corrected chi connectivity index (χ1v) is 10.3. The zero-order valence-electron chi connectivity index (χ0n) is 17.2. The highest BCUT2D eigenvalue weighted by molar-refractivity contribution is 5.96. The fourth-order valence-electron chi connectivity index (χ4n) is 3.45. The van der Waals surface area contributed by atoms with Gasteiger partial charge in [-0.25, -0.2) is 0 Å². The molecule has 7 heteroatoms. The molecule has 1 heterocycles. The van der Waals surface area contributed by atoms with Crippen LogP contribution >= 0.6 is 0 Å². The molecule has 0 aliphatic carbocycles. The van der Waals surface area contributed by atoms with Crippen molar-refractivity contribution in [1.82, 2.24) is 4.90 Å². The van der Waals surface area contributed by atoms with Gasteiger partial charge < -0.3 is 20.9 Å². The van der Waals surface area contributed by atoms with Crippen molar-refractivity contribution in [2.24, 2.45) is 0 Å². The molecule has 0 atom stereocenters. The van der Waals surface area contributed by atoms with Crippen LogP contribution < -0.4 is 16.0 Å². The largest absolute Gasteiger partial charge is 0.376 e. The normalized spacial score (nSPS) is 13.8. The molecule has 1 aliphatic rings. The van der Waals surface area contributed by atoms with E-state index >= 15 is 0 Å². The number of rotatable bonds is 6. The first kappa shape index (κ1) is 21.4. The third-order valence-corrected chi connectivity index (χ3v) is 4.94. The maximum atomic E-state index is 12.6. The summed E-state index contributed by atoms with van der Waals surface area (Å²) in [5.41, 5.74) is 2.66. The number of amides is 3. The molecule has 2 aromatic rings. The van der Waals surface area contributed by atoms with E-state index in [1.165, 1.54) is 19.8 Å². The summed E-state index contributed by atoms with van der Waals surface area (Å²) in [7, 11) is 0. The van der Waals surface area contributed by atoms with Crippen molar-refractivity contribution in [1.29, 1.82) is 0 Å². The van der Waals surface area contributed by atoms with Gasteiger partial charge in [-0.1, -0.05) is 18.9 Å². The van der Waals surface area contributed by atoms with Crippen LogP contribution in [0.2, 0.25) is 0 Å². The highest BCUT2D eigenvalue weighted by Gasteiger charge is 2.17. The molecule has 0 bridgehead atoms. The van der Waals surface area contributed by atoms with E-state index in [0.29, 0.717) is 16.9 Å². The Morgan fingerprint density at radius 3 is 2.10 bits per heavy atom. The topological polar surface area (TPSA) is 90.5 Å². The van der Waals surface area contributed by atoms with E-state index < -0.39 is 0 Å². The zero-order valence-corrected chi connectivity index (χ0v) is 17.2. The lowest BCUT2D eigenvalue weighted by atomic mass is 10.1. The number of hydrogen-bond acceptors (Lipinski definition) is 4. The van der Waals surface area contributed by atoms with Gasteiger partial charge in [0.15, 0.2) is 0 Å². The second-order valence-corrected chi connectivity index (χ2v) is 7.45. The van der Waals surface area contributed by atoms with Crippen molar-refractivity contribution in [3.05, 3.63) is 54.1 Å². The number of carbonyl (C=O) groups excluding carboxylic acids is 3. The van der Waals surface area contributed by atoms with Gasteiger partial charge >= 0.3 is 0 Å². The van der Waals surface area contributed by atoms with E-state index in [1.54, 1.807) is 36.4 Å². The van der Waals surface area contributed by atoms with E-state index in [0.717, 1.165) is 31.6 Å². The molecule has 158 valence electrons. The second kappa shape index (κ2) is 10.4. The van der Waals surface area contributed by atoms with Crippen LogP contribution in [0.5, 0.6) is 0 Å². The molecule has 0 spiro atoms. The van der Waals surface area contributed by atoms with Gasteiger partial charge in [-0.2, -0.15) is 0 Å². The predicted octanol–water partition coefficient (Wildman–Crippen LogP) is 3.71. The standard InChI is InChI=1S/C23H28N4O3/c1-17(28)25-20-7-6-8-21(15-20)26-22(29)16-24-19-11-9-18(10-12-19)23(30)27-13-4-2-3-5-14-27/h6-12,15,24H,2-5,13-14,16H2,1H3,(H,25,28)(H,26,29). The minimum Gasteiger partial charge on any atom is -0.376 e. The van der Waals surface area contributed by atoms with Gasteiger partial charge in [0.1, 0.15) is 0 Å². The summed E-state index contributed by atoms with van der Waals surface area (Å²) in [5.74, 6) is -0.308. The average Bonchev–Trinajstić information content (AvgIpc) is 3.01. The average molecular weight is 409 g/mol. The van der Waals surface area contributed by atoms with Crippen molar-refractivity contribution in [2.75, 3.05) is 35.6 Å². The molecule has 3 amide bonds. The summed E-state index contributed by atoms with van der Waals surface area (Å²) in [4.78, 5) is 37.9. The van der Waals surface area contributed by atoms with E-state index in [-0.39, 0.29) is 24.3 Å². The second-order valence-electron chi connectivity index (χ2n) is 7.45. The number of nitrogens with one attached hydrogen (secondary N) is 3. The molecule has 0 unspecified atom stereocenters. The Balaban J connectivity index is 1.50. The molecule has 1 aliphatic heterocycles. The minimum atomic E-state index is -0.209. The fraction of sp³-hybridized carbons (Fsp3) is 0.348. The Morgan fingerprint density at radius 1 is 0.833 bits per heavy atom. The number of likely N-dealkylation sites (tertiary alicyclic amines) is 1. The lowest BCUT2D eigenvalue weighted by molar-refractivity contribution is -0.115. The van der Waals surface area contributed by atoms with Crippen LogP contribution in [0.1, 0.15) is 43.0 Å². The summed E-state index contributed by atoms with van der Waals surface area (Å²) < 4.78 is 0. The Kier molecular flexibility index (Phi) is 7.43. The predicted molar refractivity (Wildman–Crippen MR) is 119 cm³/mol. The van der Waals surface area contributed by atoms with Crippen LogP contribution in [0.4, 0.5) is 17.1 Å². The van der Waals surface area contributed by atoms with Crippen molar-refractivity contribution in [2.45, 2.75) is 32.6 Å². The molecule has 3 rings (SSSR count). The molecular formula is C23H28N4O3. The summed E-state index contributed by atoms with van der Waals surface area (Å²) >= 11 is 0. The smallest absolute Gasteiger partial charge is 0.253 e. The molecule has 0 saturated carbocycles. The van der Waals surface area contributed by atoms with E-state index in [1.807, 2.05) is 17.0 Å². The zero-order chi connectivity index (χ0) is 21.3. The van der Waals surface area contributed by atoms with Crippen LogP contribution in [0.3, 0.4) is 0 Å². The van der Waals surface area contributed by atoms with Crippen LogP contribution in [0.15, 0.2) is 48.5 Å². The summed E-state index contributed by atoms with van der Waals surface area (Å²) in [6.45, 7) is 3.16. The van der Waals surface area contributed by atoms with Gasteiger partial charge in [0, 0.05) is 42.6 Å². The Hall–Kier alpha value is -3.35.